The lowest BCUT2D eigenvalue weighted by atomic mass is 10.1. The van der Waals surface area contributed by atoms with Crippen molar-refractivity contribution >= 4 is 17.9 Å². The van der Waals surface area contributed by atoms with E-state index in [4.69, 9.17) is 14.2 Å². The molecule has 0 aromatic rings. The molecule has 1 atom stereocenters. The minimum atomic E-state index is -0.804. The number of allylic oxidation sites excluding steroid dienone is 12. The molecule has 0 saturated carbocycles. The molecule has 1 unspecified atom stereocenters. The van der Waals surface area contributed by atoms with E-state index in [-0.39, 0.29) is 37.5 Å². The van der Waals surface area contributed by atoms with Crippen LogP contribution in [0.5, 0.6) is 0 Å². The van der Waals surface area contributed by atoms with Gasteiger partial charge in [0, 0.05) is 19.3 Å². The monoisotopic (exact) mass is 921 g/mol. The summed E-state index contributed by atoms with van der Waals surface area (Å²) in [5, 5.41) is 0. The number of esters is 3. The van der Waals surface area contributed by atoms with Crippen LogP contribution in [0.1, 0.15) is 271 Å². The Bertz CT molecular complexity index is 1240. The predicted octanol–water partition coefficient (Wildman–Crippen LogP) is 18.6. The van der Waals surface area contributed by atoms with Gasteiger partial charge < -0.3 is 14.2 Å². The van der Waals surface area contributed by atoms with Gasteiger partial charge in [0.2, 0.25) is 0 Å². The third-order valence-corrected chi connectivity index (χ3v) is 12.0. The second-order valence-electron chi connectivity index (χ2n) is 18.6. The van der Waals surface area contributed by atoms with Crippen molar-refractivity contribution in [2.24, 2.45) is 0 Å². The Labute approximate surface area is 408 Å². The summed E-state index contributed by atoms with van der Waals surface area (Å²) in [6, 6.07) is 0. The summed E-state index contributed by atoms with van der Waals surface area (Å²) in [6.07, 6.45) is 68.9. The number of unbranched alkanes of at least 4 members (excludes halogenated alkanes) is 30. The number of hydrogen-bond donors (Lipinski definition) is 0. The molecule has 0 aromatic heterocycles. The van der Waals surface area contributed by atoms with Gasteiger partial charge in [0.05, 0.1) is 0 Å². The van der Waals surface area contributed by atoms with Gasteiger partial charge in [0.15, 0.2) is 6.10 Å². The Balaban J connectivity index is 4.48. The number of ether oxygens (including phenoxy) is 3. The van der Waals surface area contributed by atoms with Crippen molar-refractivity contribution in [3.63, 3.8) is 0 Å². The molecule has 0 radical (unpaired) electrons. The van der Waals surface area contributed by atoms with Crippen molar-refractivity contribution in [1.29, 1.82) is 0 Å². The van der Waals surface area contributed by atoms with Gasteiger partial charge in [-0.25, -0.2) is 0 Å². The van der Waals surface area contributed by atoms with Crippen LogP contribution >= 0.6 is 0 Å². The molecule has 0 aliphatic rings. The molecule has 0 N–H and O–H groups in total. The van der Waals surface area contributed by atoms with Gasteiger partial charge in [-0.1, -0.05) is 229 Å². The summed E-state index contributed by atoms with van der Waals surface area (Å²) < 4.78 is 16.8. The molecule has 0 rings (SSSR count). The molecule has 6 nitrogen and oxygen atoms in total. The largest absolute Gasteiger partial charge is 0.462 e. The van der Waals surface area contributed by atoms with Gasteiger partial charge in [-0.2, -0.15) is 0 Å². The Morgan fingerprint density at radius 3 is 0.909 bits per heavy atom. The second-order valence-corrected chi connectivity index (χ2v) is 18.6. The number of carbonyl (C=O) groups excluding carboxylic acids is 3. The first kappa shape index (κ1) is 62.8. The van der Waals surface area contributed by atoms with Gasteiger partial charge in [-0.3, -0.25) is 14.4 Å². The summed E-state index contributed by atoms with van der Waals surface area (Å²) in [6.45, 7) is 6.57. The van der Waals surface area contributed by atoms with E-state index in [0.717, 1.165) is 109 Å². The highest BCUT2D eigenvalue weighted by Crippen LogP contribution is 2.14. The third kappa shape index (κ3) is 51.8. The molecule has 0 amide bonds. The summed E-state index contributed by atoms with van der Waals surface area (Å²) in [4.78, 5) is 38.1. The molecule has 380 valence electrons. The quantitative estimate of drug-likeness (QED) is 0.0199. The first-order valence-electron chi connectivity index (χ1n) is 28.0. The van der Waals surface area contributed by atoms with Crippen LogP contribution in [0, 0.1) is 0 Å². The lowest BCUT2D eigenvalue weighted by Crippen LogP contribution is -2.30. The molecule has 0 saturated heterocycles. The normalized spacial score (nSPS) is 12.6. The molecular weight excluding hydrogens is 817 g/mol. The van der Waals surface area contributed by atoms with Gasteiger partial charge in [0.1, 0.15) is 13.2 Å². The van der Waals surface area contributed by atoms with E-state index in [1.165, 1.54) is 122 Å². The van der Waals surface area contributed by atoms with Crippen molar-refractivity contribution < 1.29 is 28.6 Å². The van der Waals surface area contributed by atoms with Gasteiger partial charge in [-0.05, 0) is 96.3 Å². The van der Waals surface area contributed by atoms with Gasteiger partial charge in [-0.15, -0.1) is 0 Å². The van der Waals surface area contributed by atoms with E-state index >= 15 is 0 Å². The fourth-order valence-corrected chi connectivity index (χ4v) is 7.72. The molecule has 0 spiro atoms. The van der Waals surface area contributed by atoms with Crippen molar-refractivity contribution in [2.75, 3.05) is 13.2 Å². The molecule has 0 aromatic carbocycles. The zero-order valence-electron chi connectivity index (χ0n) is 43.4. The summed E-state index contributed by atoms with van der Waals surface area (Å²) >= 11 is 0. The van der Waals surface area contributed by atoms with E-state index in [2.05, 4.69) is 93.7 Å². The van der Waals surface area contributed by atoms with Crippen molar-refractivity contribution in [3.05, 3.63) is 72.9 Å². The van der Waals surface area contributed by atoms with E-state index < -0.39 is 6.10 Å². The Kier molecular flexibility index (Phi) is 51.9. The molecule has 6 heteroatoms. The van der Waals surface area contributed by atoms with Crippen LogP contribution in [0.2, 0.25) is 0 Å². The van der Waals surface area contributed by atoms with E-state index in [0.29, 0.717) is 12.8 Å². The summed E-state index contributed by atoms with van der Waals surface area (Å²) in [5.74, 6) is -0.956. The maximum Gasteiger partial charge on any atom is 0.306 e. The molecule has 66 heavy (non-hydrogen) atoms. The Morgan fingerprint density at radius 1 is 0.303 bits per heavy atom. The predicted molar refractivity (Wildman–Crippen MR) is 284 cm³/mol. The van der Waals surface area contributed by atoms with Crippen LogP contribution in [0.3, 0.4) is 0 Å². The average molecular weight is 921 g/mol. The van der Waals surface area contributed by atoms with Crippen LogP contribution < -0.4 is 0 Å². The number of carbonyl (C=O) groups is 3. The Morgan fingerprint density at radius 2 is 0.561 bits per heavy atom. The summed E-state index contributed by atoms with van der Waals surface area (Å²) in [7, 11) is 0. The molecule has 0 aliphatic carbocycles. The maximum absolute atomic E-state index is 12.8. The fourth-order valence-electron chi connectivity index (χ4n) is 7.72. The topological polar surface area (TPSA) is 78.9 Å². The minimum absolute atomic E-state index is 0.101. The SMILES string of the molecule is CCCCCCC\C=C/C=C\C=C/CCCCCCCC(=O)OCC(COC(=O)CCCCC/C=C\CCCCCCCCC)OC(=O)CCCCC/C=C\C=C/CCCCCCCCC. The highest BCUT2D eigenvalue weighted by molar-refractivity contribution is 5.71. The molecular formula is C60H104O6. The van der Waals surface area contributed by atoms with Crippen LogP contribution in [0.25, 0.3) is 0 Å². The Hall–Kier alpha value is -3.15. The molecule has 0 bridgehead atoms. The van der Waals surface area contributed by atoms with Crippen molar-refractivity contribution in [1.82, 2.24) is 0 Å². The minimum Gasteiger partial charge on any atom is -0.462 e. The van der Waals surface area contributed by atoms with Gasteiger partial charge >= 0.3 is 17.9 Å². The fraction of sp³-hybridized carbons (Fsp3) is 0.750. The first-order chi connectivity index (χ1) is 32.5. The molecule has 0 fully saturated rings. The van der Waals surface area contributed by atoms with Crippen LogP contribution in [0.4, 0.5) is 0 Å². The van der Waals surface area contributed by atoms with Crippen LogP contribution in [-0.2, 0) is 28.6 Å². The summed E-state index contributed by atoms with van der Waals surface area (Å²) in [5.41, 5.74) is 0. The highest BCUT2D eigenvalue weighted by Gasteiger charge is 2.19. The lowest BCUT2D eigenvalue weighted by Gasteiger charge is -2.18. The maximum atomic E-state index is 12.8. The van der Waals surface area contributed by atoms with Crippen molar-refractivity contribution in [2.45, 2.75) is 277 Å². The lowest BCUT2D eigenvalue weighted by molar-refractivity contribution is -0.167. The van der Waals surface area contributed by atoms with Crippen LogP contribution in [-0.4, -0.2) is 37.2 Å². The molecule has 0 heterocycles. The van der Waals surface area contributed by atoms with Crippen LogP contribution in [0.15, 0.2) is 72.9 Å². The van der Waals surface area contributed by atoms with E-state index in [9.17, 15) is 14.4 Å². The van der Waals surface area contributed by atoms with E-state index in [1.54, 1.807) is 0 Å². The second kappa shape index (κ2) is 54.5. The van der Waals surface area contributed by atoms with E-state index in [1.807, 2.05) is 0 Å². The zero-order valence-corrected chi connectivity index (χ0v) is 43.4. The third-order valence-electron chi connectivity index (χ3n) is 12.0. The molecule has 0 aliphatic heterocycles. The smallest absolute Gasteiger partial charge is 0.306 e. The van der Waals surface area contributed by atoms with Gasteiger partial charge in [0.25, 0.3) is 0 Å². The zero-order chi connectivity index (χ0) is 47.9. The number of hydrogen-bond acceptors (Lipinski definition) is 6. The van der Waals surface area contributed by atoms with Crippen molar-refractivity contribution in [3.8, 4) is 0 Å². The highest BCUT2D eigenvalue weighted by atomic mass is 16.6. The standard InChI is InChI=1S/C60H104O6/c1-4-7-10-13-16-19-22-25-28-30-31-33-35-38-41-44-47-50-53-59(62)65-56-57(55-64-58(61)52-49-46-43-40-37-34-27-24-21-18-15-12-9-6-3)66-60(63)54-51-48-45-42-39-36-32-29-26-23-20-17-14-11-8-5-2/h22,25,28-34,36-37,39,57H,4-21,23-24,26-27,35,38,40-56H2,1-3H3/b25-22-,30-28-,32-29-,33-31-,37-34-,39-36-. The first-order valence-corrected chi connectivity index (χ1v) is 28.0. The average Bonchev–Trinajstić information content (AvgIpc) is 3.31. The number of rotatable bonds is 50.